The summed E-state index contributed by atoms with van der Waals surface area (Å²) in [7, 11) is 0. The summed E-state index contributed by atoms with van der Waals surface area (Å²) in [6, 6.07) is 14.2. The number of urea groups is 1. The van der Waals surface area contributed by atoms with Crippen molar-refractivity contribution in [1.82, 2.24) is 5.32 Å². The van der Waals surface area contributed by atoms with Gasteiger partial charge in [0.15, 0.2) is 0 Å². The Kier molecular flexibility index (Phi) is 3.65. The molecule has 0 saturated heterocycles. The molecule has 22 heavy (non-hydrogen) atoms. The fraction of sp³-hybridized carbons (Fsp3) is 0.316. The molecule has 0 aromatic heterocycles. The Labute approximate surface area is 131 Å². The number of hydrogen-bond acceptors (Lipinski definition) is 1. The highest BCUT2D eigenvalue weighted by Crippen LogP contribution is 2.45. The SMILES string of the molecule is Cc1ccc(C2(NC(=O)Nc3ccc(C)c(C)c3)CC2)cc1. The molecule has 3 heteroatoms. The molecular weight excluding hydrogens is 272 g/mol. The van der Waals surface area contributed by atoms with Crippen LogP contribution in [0.4, 0.5) is 10.5 Å². The molecule has 0 atom stereocenters. The lowest BCUT2D eigenvalue weighted by molar-refractivity contribution is 0.247. The smallest absolute Gasteiger partial charge is 0.319 e. The van der Waals surface area contributed by atoms with Crippen molar-refractivity contribution in [1.29, 1.82) is 0 Å². The first-order valence-corrected chi connectivity index (χ1v) is 7.72. The highest BCUT2D eigenvalue weighted by atomic mass is 16.2. The molecule has 2 N–H and O–H groups in total. The van der Waals surface area contributed by atoms with Crippen LogP contribution in [0.15, 0.2) is 42.5 Å². The quantitative estimate of drug-likeness (QED) is 0.864. The summed E-state index contributed by atoms with van der Waals surface area (Å²) < 4.78 is 0. The maximum Gasteiger partial charge on any atom is 0.319 e. The molecule has 2 aromatic rings. The van der Waals surface area contributed by atoms with Gasteiger partial charge >= 0.3 is 6.03 Å². The molecule has 2 aromatic carbocycles. The summed E-state index contributed by atoms with van der Waals surface area (Å²) in [4.78, 5) is 12.3. The second-order valence-electron chi connectivity index (χ2n) is 6.33. The number of nitrogens with one attached hydrogen (secondary N) is 2. The predicted octanol–water partition coefficient (Wildman–Crippen LogP) is 4.42. The van der Waals surface area contributed by atoms with Gasteiger partial charge in [0, 0.05) is 5.69 Å². The Balaban J connectivity index is 1.68. The van der Waals surface area contributed by atoms with E-state index < -0.39 is 0 Å². The molecule has 0 spiro atoms. The van der Waals surface area contributed by atoms with Crippen molar-refractivity contribution >= 4 is 11.7 Å². The number of carbonyl (C=O) groups excluding carboxylic acids is 1. The molecule has 0 heterocycles. The summed E-state index contributed by atoms with van der Waals surface area (Å²) in [6.45, 7) is 6.19. The predicted molar refractivity (Wildman–Crippen MR) is 90.2 cm³/mol. The second kappa shape index (κ2) is 5.48. The van der Waals surface area contributed by atoms with Crippen LogP contribution in [0.3, 0.4) is 0 Å². The Morgan fingerprint density at radius 2 is 1.64 bits per heavy atom. The molecule has 114 valence electrons. The number of carbonyl (C=O) groups is 1. The number of hydrogen-bond donors (Lipinski definition) is 2. The van der Waals surface area contributed by atoms with Gasteiger partial charge in [-0.3, -0.25) is 0 Å². The van der Waals surface area contributed by atoms with Crippen molar-refractivity contribution in [3.05, 3.63) is 64.7 Å². The monoisotopic (exact) mass is 294 g/mol. The van der Waals surface area contributed by atoms with E-state index in [2.05, 4.69) is 48.7 Å². The van der Waals surface area contributed by atoms with E-state index in [1.54, 1.807) is 0 Å². The minimum atomic E-state index is -0.183. The number of benzene rings is 2. The van der Waals surface area contributed by atoms with Crippen molar-refractivity contribution in [3.63, 3.8) is 0 Å². The standard InChI is InChI=1S/C19H22N2O/c1-13-4-7-16(8-5-13)19(10-11-19)21-18(22)20-17-9-6-14(2)15(3)12-17/h4-9,12H,10-11H2,1-3H3,(H2,20,21,22). The van der Waals surface area contributed by atoms with Crippen LogP contribution in [-0.2, 0) is 5.54 Å². The summed E-state index contributed by atoms with van der Waals surface area (Å²) in [6.07, 6.45) is 1.99. The van der Waals surface area contributed by atoms with Gasteiger partial charge in [-0.25, -0.2) is 4.79 Å². The summed E-state index contributed by atoms with van der Waals surface area (Å²) in [5.74, 6) is 0. The minimum Gasteiger partial charge on any atom is -0.328 e. The maximum atomic E-state index is 12.3. The molecule has 0 bridgehead atoms. The highest BCUT2D eigenvalue weighted by Gasteiger charge is 2.45. The molecule has 2 amide bonds. The lowest BCUT2D eigenvalue weighted by atomic mass is 10.0. The first-order valence-electron chi connectivity index (χ1n) is 7.72. The molecule has 3 rings (SSSR count). The van der Waals surface area contributed by atoms with Crippen LogP contribution >= 0.6 is 0 Å². The molecule has 1 fully saturated rings. The minimum absolute atomic E-state index is 0.138. The number of aryl methyl sites for hydroxylation is 3. The normalized spacial score (nSPS) is 15.2. The van der Waals surface area contributed by atoms with Crippen molar-refractivity contribution in [2.24, 2.45) is 0 Å². The second-order valence-corrected chi connectivity index (χ2v) is 6.33. The molecule has 0 radical (unpaired) electrons. The Hall–Kier alpha value is -2.29. The van der Waals surface area contributed by atoms with Gasteiger partial charge in [-0.15, -0.1) is 0 Å². The lowest BCUT2D eigenvalue weighted by Crippen LogP contribution is -2.38. The van der Waals surface area contributed by atoms with Gasteiger partial charge in [0.1, 0.15) is 0 Å². The van der Waals surface area contributed by atoms with Gasteiger partial charge in [0.2, 0.25) is 0 Å². The van der Waals surface area contributed by atoms with Gasteiger partial charge in [-0.2, -0.15) is 0 Å². The molecule has 0 unspecified atom stereocenters. The third kappa shape index (κ3) is 2.98. The topological polar surface area (TPSA) is 41.1 Å². The lowest BCUT2D eigenvalue weighted by Gasteiger charge is -2.19. The van der Waals surface area contributed by atoms with Gasteiger partial charge in [0.25, 0.3) is 0 Å². The highest BCUT2D eigenvalue weighted by molar-refractivity contribution is 5.90. The molecule has 1 aliphatic carbocycles. The largest absolute Gasteiger partial charge is 0.328 e. The van der Waals surface area contributed by atoms with Gasteiger partial charge < -0.3 is 10.6 Å². The van der Waals surface area contributed by atoms with Crippen molar-refractivity contribution in [2.75, 3.05) is 5.32 Å². The van der Waals surface area contributed by atoms with E-state index in [0.29, 0.717) is 0 Å². The molecule has 3 nitrogen and oxygen atoms in total. The van der Waals surface area contributed by atoms with E-state index >= 15 is 0 Å². The number of amides is 2. The summed E-state index contributed by atoms with van der Waals surface area (Å²) in [5.41, 5.74) is 5.48. The Bertz CT molecular complexity index is 700. The van der Waals surface area contributed by atoms with Crippen LogP contribution in [0.25, 0.3) is 0 Å². The van der Waals surface area contributed by atoms with Gasteiger partial charge in [-0.05, 0) is 62.4 Å². The molecular formula is C19H22N2O. The molecule has 0 aliphatic heterocycles. The Morgan fingerprint density at radius 1 is 0.955 bits per heavy atom. The average Bonchev–Trinajstić information content (AvgIpc) is 3.24. The number of rotatable bonds is 3. The summed E-state index contributed by atoms with van der Waals surface area (Å²) >= 11 is 0. The zero-order valence-corrected chi connectivity index (χ0v) is 13.4. The molecule has 1 aliphatic rings. The first kappa shape index (κ1) is 14.6. The van der Waals surface area contributed by atoms with E-state index in [-0.39, 0.29) is 11.6 Å². The van der Waals surface area contributed by atoms with Crippen molar-refractivity contribution in [3.8, 4) is 0 Å². The average molecular weight is 294 g/mol. The van der Waals surface area contributed by atoms with Crippen molar-refractivity contribution < 1.29 is 4.79 Å². The van der Waals surface area contributed by atoms with E-state index in [1.807, 2.05) is 25.1 Å². The maximum absolute atomic E-state index is 12.3. The third-order valence-electron chi connectivity index (χ3n) is 4.47. The fourth-order valence-electron chi connectivity index (χ4n) is 2.68. The first-order chi connectivity index (χ1) is 10.5. The van der Waals surface area contributed by atoms with Crippen LogP contribution in [0.1, 0.15) is 35.1 Å². The van der Waals surface area contributed by atoms with Crippen LogP contribution in [0.5, 0.6) is 0 Å². The van der Waals surface area contributed by atoms with Crippen molar-refractivity contribution in [2.45, 2.75) is 39.2 Å². The van der Waals surface area contributed by atoms with E-state index in [1.165, 1.54) is 22.3 Å². The van der Waals surface area contributed by atoms with Crippen LogP contribution in [0, 0.1) is 20.8 Å². The van der Waals surface area contributed by atoms with Crippen LogP contribution in [-0.4, -0.2) is 6.03 Å². The van der Waals surface area contributed by atoms with Gasteiger partial charge in [-0.1, -0.05) is 35.9 Å². The summed E-state index contributed by atoms with van der Waals surface area (Å²) in [5, 5.41) is 6.07. The van der Waals surface area contributed by atoms with Gasteiger partial charge in [0.05, 0.1) is 5.54 Å². The zero-order chi connectivity index (χ0) is 15.7. The zero-order valence-electron chi connectivity index (χ0n) is 13.4. The number of anilines is 1. The Morgan fingerprint density at radius 3 is 2.23 bits per heavy atom. The molecule has 1 saturated carbocycles. The van der Waals surface area contributed by atoms with E-state index in [0.717, 1.165) is 18.5 Å². The van der Waals surface area contributed by atoms with E-state index in [9.17, 15) is 4.79 Å². The third-order valence-corrected chi connectivity index (χ3v) is 4.47. The van der Waals surface area contributed by atoms with E-state index in [4.69, 9.17) is 0 Å². The fourth-order valence-corrected chi connectivity index (χ4v) is 2.68. The van der Waals surface area contributed by atoms with Crippen LogP contribution < -0.4 is 10.6 Å². The van der Waals surface area contributed by atoms with Crippen LogP contribution in [0.2, 0.25) is 0 Å².